The van der Waals surface area contributed by atoms with E-state index in [1.807, 2.05) is 0 Å². The van der Waals surface area contributed by atoms with Crippen molar-refractivity contribution in [2.24, 2.45) is 0 Å². The number of halogens is 7. The summed E-state index contributed by atoms with van der Waals surface area (Å²) in [6.07, 6.45) is 2.47. The zero-order valence-electron chi connectivity index (χ0n) is 18.0. The number of rotatable bonds is 4. The third kappa shape index (κ3) is 4.78. The third-order valence-electron chi connectivity index (χ3n) is 5.37. The summed E-state index contributed by atoms with van der Waals surface area (Å²) in [4.78, 5) is 0. The normalized spacial score (nSPS) is 10.8. The van der Waals surface area contributed by atoms with Gasteiger partial charge in [0.25, 0.3) is 0 Å². The first-order chi connectivity index (χ1) is 16.7. The molecule has 0 saturated carbocycles. The molecule has 0 N–H and O–H groups in total. The van der Waals surface area contributed by atoms with Crippen molar-refractivity contribution in [1.82, 2.24) is 0 Å². The number of hydrogen-bond donors (Lipinski definition) is 0. The quantitative estimate of drug-likeness (QED) is 0.119. The molecular formula is C28H15F7. The van der Waals surface area contributed by atoms with Gasteiger partial charge in [-0.05, 0) is 71.8 Å². The molecule has 4 rings (SSSR count). The van der Waals surface area contributed by atoms with Crippen LogP contribution in [0.3, 0.4) is 0 Å². The SMILES string of the molecule is C=CCCc1cc(F)c(-c2cc(F)c(C#Cc3ccc4c(F)c(F)c(F)cc4c3)c(F)c2)c(F)c1. The van der Waals surface area contributed by atoms with E-state index >= 15 is 0 Å². The Kier molecular flexibility index (Phi) is 6.65. The van der Waals surface area contributed by atoms with Crippen LogP contribution in [0, 0.1) is 52.6 Å². The smallest absolute Gasteiger partial charge is 0.195 e. The minimum absolute atomic E-state index is 0.00646. The number of aryl methyl sites for hydroxylation is 1. The summed E-state index contributed by atoms with van der Waals surface area (Å²) in [6.45, 7) is 3.55. The lowest BCUT2D eigenvalue weighted by molar-refractivity contribution is 0.453. The van der Waals surface area contributed by atoms with Crippen LogP contribution < -0.4 is 0 Å². The van der Waals surface area contributed by atoms with E-state index in [1.54, 1.807) is 6.08 Å². The molecule has 0 unspecified atom stereocenters. The van der Waals surface area contributed by atoms with E-state index in [0.717, 1.165) is 36.4 Å². The highest BCUT2D eigenvalue weighted by Gasteiger charge is 2.18. The third-order valence-corrected chi connectivity index (χ3v) is 5.37. The van der Waals surface area contributed by atoms with Crippen LogP contribution in [-0.2, 0) is 6.42 Å². The first-order valence-electron chi connectivity index (χ1n) is 10.4. The van der Waals surface area contributed by atoms with Crippen LogP contribution in [0.25, 0.3) is 21.9 Å². The summed E-state index contributed by atoms with van der Waals surface area (Å²) < 4.78 is 99.2. The maximum Gasteiger partial charge on any atom is 0.195 e. The van der Waals surface area contributed by atoms with Gasteiger partial charge in [0.05, 0.1) is 11.1 Å². The van der Waals surface area contributed by atoms with Gasteiger partial charge in [-0.1, -0.05) is 24.0 Å². The Hall–Kier alpha value is -4.05. The average Bonchev–Trinajstić information content (AvgIpc) is 2.80. The Labute approximate surface area is 196 Å². The highest BCUT2D eigenvalue weighted by Crippen LogP contribution is 2.30. The van der Waals surface area contributed by atoms with Crippen LogP contribution in [0.5, 0.6) is 0 Å². The van der Waals surface area contributed by atoms with E-state index in [0.29, 0.717) is 18.4 Å². The Morgan fingerprint density at radius 1 is 0.686 bits per heavy atom. The fourth-order valence-electron chi connectivity index (χ4n) is 3.67. The van der Waals surface area contributed by atoms with Crippen molar-refractivity contribution in [3.8, 4) is 23.0 Å². The molecule has 4 aromatic carbocycles. The van der Waals surface area contributed by atoms with Gasteiger partial charge in [0, 0.05) is 10.9 Å². The molecule has 0 aliphatic rings. The van der Waals surface area contributed by atoms with Crippen LogP contribution in [0.1, 0.15) is 23.1 Å². The molecular weight excluding hydrogens is 469 g/mol. The second-order valence-electron chi connectivity index (χ2n) is 7.75. The first-order valence-corrected chi connectivity index (χ1v) is 10.4. The summed E-state index contributed by atoms with van der Waals surface area (Å²) in [5, 5.41) is -0.178. The highest BCUT2D eigenvalue weighted by molar-refractivity contribution is 5.84. The molecule has 0 amide bonds. The van der Waals surface area contributed by atoms with Crippen LogP contribution in [0.2, 0.25) is 0 Å². The summed E-state index contributed by atoms with van der Waals surface area (Å²) in [7, 11) is 0. The van der Waals surface area contributed by atoms with Crippen LogP contribution in [0.15, 0.2) is 61.2 Å². The number of benzene rings is 4. The van der Waals surface area contributed by atoms with E-state index < -0.39 is 51.8 Å². The lowest BCUT2D eigenvalue weighted by atomic mass is 9.98. The van der Waals surface area contributed by atoms with Gasteiger partial charge in [0.2, 0.25) is 0 Å². The molecule has 0 spiro atoms. The van der Waals surface area contributed by atoms with Gasteiger partial charge in [-0.15, -0.1) is 6.58 Å². The molecule has 0 heterocycles. The van der Waals surface area contributed by atoms with Gasteiger partial charge in [-0.3, -0.25) is 0 Å². The number of fused-ring (bicyclic) bond motifs is 1. The van der Waals surface area contributed by atoms with Gasteiger partial charge in [-0.25, -0.2) is 30.7 Å². The molecule has 0 saturated heterocycles. The molecule has 4 aromatic rings. The zero-order valence-corrected chi connectivity index (χ0v) is 18.0. The summed E-state index contributed by atoms with van der Waals surface area (Å²) in [5.41, 5.74) is -1.04. The standard InChI is InChI=1S/C28H15F7/c1-2-3-4-16-10-23(31)26(24(32)11-16)18-13-21(29)20(22(30)14-18)8-6-15-5-7-19-17(9-15)12-25(33)28(35)27(19)34/h2,5,7,9-14H,1,3-4H2. The molecule has 0 nitrogen and oxygen atoms in total. The fraction of sp³-hybridized carbons (Fsp3) is 0.0714. The van der Waals surface area contributed by atoms with Gasteiger partial charge in [0.15, 0.2) is 17.5 Å². The summed E-state index contributed by atoms with van der Waals surface area (Å²) in [5.74, 6) is -3.83. The van der Waals surface area contributed by atoms with E-state index in [-0.39, 0.29) is 21.9 Å². The zero-order chi connectivity index (χ0) is 25.3. The van der Waals surface area contributed by atoms with E-state index in [1.165, 1.54) is 12.1 Å². The van der Waals surface area contributed by atoms with E-state index in [4.69, 9.17) is 0 Å². The Morgan fingerprint density at radius 2 is 1.34 bits per heavy atom. The van der Waals surface area contributed by atoms with Crippen molar-refractivity contribution < 1.29 is 30.7 Å². The van der Waals surface area contributed by atoms with Gasteiger partial charge >= 0.3 is 0 Å². The van der Waals surface area contributed by atoms with Crippen molar-refractivity contribution in [3.63, 3.8) is 0 Å². The van der Waals surface area contributed by atoms with E-state index in [9.17, 15) is 30.7 Å². The molecule has 176 valence electrons. The Balaban J connectivity index is 1.70. The van der Waals surface area contributed by atoms with Crippen LogP contribution >= 0.6 is 0 Å². The molecule has 0 radical (unpaired) electrons. The van der Waals surface area contributed by atoms with Crippen LogP contribution in [-0.4, -0.2) is 0 Å². The molecule has 0 atom stereocenters. The predicted octanol–water partition coefficient (Wildman–Crippen LogP) is 8.00. The maximum absolute atomic E-state index is 14.7. The topological polar surface area (TPSA) is 0 Å². The first kappa shape index (κ1) is 24.1. The molecule has 0 bridgehead atoms. The van der Waals surface area contributed by atoms with Gasteiger partial charge < -0.3 is 0 Å². The maximum atomic E-state index is 14.7. The Morgan fingerprint density at radius 3 is 1.97 bits per heavy atom. The predicted molar refractivity (Wildman–Crippen MR) is 120 cm³/mol. The van der Waals surface area contributed by atoms with Crippen molar-refractivity contribution in [1.29, 1.82) is 0 Å². The molecule has 7 heteroatoms. The largest absolute Gasteiger partial charge is 0.206 e. The molecule has 0 aromatic heterocycles. The monoisotopic (exact) mass is 484 g/mol. The van der Waals surface area contributed by atoms with Gasteiger partial charge in [0.1, 0.15) is 23.3 Å². The fourth-order valence-corrected chi connectivity index (χ4v) is 3.67. The van der Waals surface area contributed by atoms with Crippen molar-refractivity contribution >= 4 is 10.8 Å². The van der Waals surface area contributed by atoms with Crippen molar-refractivity contribution in [3.05, 3.63) is 119 Å². The minimum Gasteiger partial charge on any atom is -0.206 e. The molecule has 0 fully saturated rings. The van der Waals surface area contributed by atoms with Crippen molar-refractivity contribution in [2.45, 2.75) is 12.8 Å². The number of hydrogen-bond acceptors (Lipinski definition) is 0. The van der Waals surface area contributed by atoms with Gasteiger partial charge in [-0.2, -0.15) is 0 Å². The summed E-state index contributed by atoms with van der Waals surface area (Å²) >= 11 is 0. The lowest BCUT2D eigenvalue weighted by Gasteiger charge is -2.10. The lowest BCUT2D eigenvalue weighted by Crippen LogP contribution is -1.98. The molecule has 0 aliphatic carbocycles. The molecule has 35 heavy (non-hydrogen) atoms. The summed E-state index contributed by atoms with van der Waals surface area (Å²) in [6, 6.07) is 8.19. The van der Waals surface area contributed by atoms with Crippen molar-refractivity contribution in [2.75, 3.05) is 0 Å². The average molecular weight is 484 g/mol. The highest BCUT2D eigenvalue weighted by atomic mass is 19.2. The second-order valence-corrected chi connectivity index (χ2v) is 7.75. The van der Waals surface area contributed by atoms with E-state index in [2.05, 4.69) is 18.4 Å². The minimum atomic E-state index is -1.61. The second kappa shape index (κ2) is 9.67. The molecule has 0 aliphatic heterocycles. The van der Waals surface area contributed by atoms with Crippen LogP contribution in [0.4, 0.5) is 30.7 Å². The number of allylic oxidation sites excluding steroid dienone is 1. The Bertz CT molecular complexity index is 1490.